The van der Waals surface area contributed by atoms with Crippen LogP contribution in [0, 0.1) is 0 Å². The fourth-order valence-corrected chi connectivity index (χ4v) is 12.4. The van der Waals surface area contributed by atoms with E-state index in [0.29, 0.717) is 0 Å². The molecule has 0 radical (unpaired) electrons. The molecule has 17 aromatic rings. The number of para-hydroxylation sites is 6. The van der Waals surface area contributed by atoms with Crippen LogP contribution in [0.15, 0.2) is 158 Å². The van der Waals surface area contributed by atoms with Gasteiger partial charge in [0.2, 0.25) is 0 Å². The van der Waals surface area contributed by atoms with Crippen molar-refractivity contribution in [2.45, 2.75) is 0 Å². The summed E-state index contributed by atoms with van der Waals surface area (Å²) in [5, 5.41) is 21.0. The highest BCUT2D eigenvalue weighted by Crippen LogP contribution is 2.52. The first-order valence-corrected chi connectivity index (χ1v) is 20.3. The summed E-state index contributed by atoms with van der Waals surface area (Å²) in [5.41, 5.74) is 15.4. The Bertz CT molecular complexity index is 4420. The third-order valence-electron chi connectivity index (χ3n) is 14.4. The smallest absolute Gasteiger partial charge is 0.0642 e. The molecule has 0 unspecified atom stereocenters. The zero-order valence-corrected chi connectivity index (χ0v) is 30.8. The molecule has 0 atom stereocenters. The minimum atomic E-state index is 1.26. The predicted molar refractivity (Wildman–Crippen MR) is 245 cm³/mol. The lowest BCUT2D eigenvalue weighted by molar-refractivity contribution is 1.36. The number of benzene rings is 9. The molecule has 0 saturated heterocycles. The van der Waals surface area contributed by atoms with Gasteiger partial charge in [0.05, 0.1) is 66.2 Å². The molecule has 8 heterocycles. The molecule has 0 aliphatic heterocycles. The topological polar surface area (TPSA) is 17.6 Å². The van der Waals surface area contributed by atoms with Crippen LogP contribution < -0.4 is 0 Å². The van der Waals surface area contributed by atoms with Gasteiger partial charge in [-0.25, -0.2) is 0 Å². The van der Waals surface area contributed by atoms with Crippen molar-refractivity contribution >= 4 is 152 Å². The molecule has 0 aliphatic rings. The SMILES string of the molecule is c1ccc2c(c1)c1cc3c4cccc5c6ccccc6n(c54)c3c3c4cc5c(cc4n2c13)c1c2c(cc3c4cccc6c7ccccc7n(c64)c31)c1ccccc1n52. The summed E-state index contributed by atoms with van der Waals surface area (Å²) < 4.78 is 10.3. The number of fused-ring (bicyclic) bond motifs is 26. The van der Waals surface area contributed by atoms with Crippen LogP contribution in [0.4, 0.5) is 0 Å². The van der Waals surface area contributed by atoms with Gasteiger partial charge in [-0.1, -0.05) is 109 Å². The number of rotatable bonds is 0. The van der Waals surface area contributed by atoms with E-state index in [1.807, 2.05) is 0 Å². The molecule has 0 spiro atoms. The molecule has 0 saturated carbocycles. The van der Waals surface area contributed by atoms with Crippen LogP contribution in [-0.4, -0.2) is 17.6 Å². The van der Waals surface area contributed by atoms with Crippen molar-refractivity contribution in [1.29, 1.82) is 0 Å². The van der Waals surface area contributed by atoms with Crippen LogP contribution in [0.3, 0.4) is 0 Å². The molecule has 4 heteroatoms. The lowest BCUT2D eigenvalue weighted by Gasteiger charge is -2.04. The number of hydrogen-bond donors (Lipinski definition) is 0. The Morgan fingerprint density at radius 1 is 0.190 bits per heavy atom. The molecule has 0 bridgehead atoms. The van der Waals surface area contributed by atoms with Crippen molar-refractivity contribution in [2.24, 2.45) is 0 Å². The molecule has 262 valence electrons. The summed E-state index contributed by atoms with van der Waals surface area (Å²) in [7, 11) is 0. The van der Waals surface area contributed by atoms with Gasteiger partial charge in [0.1, 0.15) is 0 Å². The van der Waals surface area contributed by atoms with Crippen molar-refractivity contribution in [3.05, 3.63) is 158 Å². The first-order chi connectivity index (χ1) is 28.8. The Morgan fingerprint density at radius 2 is 0.483 bits per heavy atom. The van der Waals surface area contributed by atoms with E-state index in [1.54, 1.807) is 0 Å². The fourth-order valence-electron chi connectivity index (χ4n) is 12.4. The standard InChI is InChI=1S/C54H26N4/c1-7-21-43-27(11-1)31-15-9-17-33-37-23-35-29-13-3-5-19-41(29)55-45-26-40-46(25-39(45)47(51(35)55)53(37)57(43)49(31)33)56-42-20-6-4-14-30(42)36-24-38-34-18-10-16-32-28-12-2-8-22-44(28)58(50(32)34)54(38)48(40)52(36)56/h1-26H. The van der Waals surface area contributed by atoms with Crippen molar-refractivity contribution < 1.29 is 0 Å². The first-order valence-electron chi connectivity index (χ1n) is 20.3. The normalized spacial score (nSPS) is 13.5. The molecule has 8 aromatic heterocycles. The van der Waals surface area contributed by atoms with Crippen LogP contribution in [0.5, 0.6) is 0 Å². The van der Waals surface area contributed by atoms with E-state index in [1.165, 1.54) is 152 Å². The average Bonchev–Trinajstić information content (AvgIpc) is 4.15. The van der Waals surface area contributed by atoms with E-state index in [-0.39, 0.29) is 0 Å². The molecular formula is C54H26N4. The molecule has 58 heavy (non-hydrogen) atoms. The van der Waals surface area contributed by atoms with E-state index in [2.05, 4.69) is 175 Å². The van der Waals surface area contributed by atoms with Crippen LogP contribution in [0.1, 0.15) is 0 Å². The number of hydrogen-bond acceptors (Lipinski definition) is 0. The zero-order chi connectivity index (χ0) is 36.9. The van der Waals surface area contributed by atoms with Crippen LogP contribution in [-0.2, 0) is 0 Å². The van der Waals surface area contributed by atoms with E-state index in [0.717, 1.165) is 0 Å². The zero-order valence-electron chi connectivity index (χ0n) is 30.8. The van der Waals surface area contributed by atoms with Crippen molar-refractivity contribution in [2.75, 3.05) is 0 Å². The van der Waals surface area contributed by atoms with Crippen molar-refractivity contribution in [3.63, 3.8) is 0 Å². The fraction of sp³-hybridized carbons (Fsp3) is 0. The van der Waals surface area contributed by atoms with Crippen molar-refractivity contribution in [3.8, 4) is 0 Å². The molecular weight excluding hydrogens is 705 g/mol. The maximum absolute atomic E-state index is 2.59. The van der Waals surface area contributed by atoms with Gasteiger partial charge in [-0.05, 0) is 48.5 Å². The highest BCUT2D eigenvalue weighted by molar-refractivity contribution is 6.40. The Balaban J connectivity index is 1.20. The van der Waals surface area contributed by atoms with Gasteiger partial charge < -0.3 is 17.6 Å². The maximum atomic E-state index is 2.59. The van der Waals surface area contributed by atoms with E-state index < -0.39 is 0 Å². The van der Waals surface area contributed by atoms with Gasteiger partial charge in [-0.15, -0.1) is 0 Å². The van der Waals surface area contributed by atoms with Gasteiger partial charge in [0.25, 0.3) is 0 Å². The highest BCUT2D eigenvalue weighted by Gasteiger charge is 2.29. The quantitative estimate of drug-likeness (QED) is 0.148. The lowest BCUT2D eigenvalue weighted by Crippen LogP contribution is -1.84. The number of nitrogens with zero attached hydrogens (tertiary/aromatic N) is 4. The van der Waals surface area contributed by atoms with Gasteiger partial charge in [0, 0.05) is 86.2 Å². The van der Waals surface area contributed by atoms with Gasteiger partial charge in [0.15, 0.2) is 0 Å². The highest BCUT2D eigenvalue weighted by atomic mass is 15.0. The summed E-state index contributed by atoms with van der Waals surface area (Å²) in [5.74, 6) is 0. The second-order valence-corrected chi connectivity index (χ2v) is 16.8. The maximum Gasteiger partial charge on any atom is 0.0642 e. The van der Waals surface area contributed by atoms with Crippen molar-refractivity contribution in [1.82, 2.24) is 17.6 Å². The van der Waals surface area contributed by atoms with Gasteiger partial charge >= 0.3 is 0 Å². The Morgan fingerprint density at radius 3 is 0.897 bits per heavy atom. The summed E-state index contributed by atoms with van der Waals surface area (Å²) in [6.45, 7) is 0. The first kappa shape index (κ1) is 27.7. The summed E-state index contributed by atoms with van der Waals surface area (Å²) in [4.78, 5) is 0. The van der Waals surface area contributed by atoms with Gasteiger partial charge in [-0.2, -0.15) is 0 Å². The molecule has 0 aliphatic carbocycles. The Labute approximate surface area is 326 Å². The largest absolute Gasteiger partial charge is 0.308 e. The third-order valence-corrected chi connectivity index (χ3v) is 14.4. The second kappa shape index (κ2) is 8.76. The average molecular weight is 731 g/mol. The Hall–Kier alpha value is -7.82. The monoisotopic (exact) mass is 730 g/mol. The lowest BCUT2D eigenvalue weighted by atomic mass is 10.00. The molecule has 0 N–H and O–H groups in total. The molecule has 17 rings (SSSR count). The van der Waals surface area contributed by atoms with E-state index in [4.69, 9.17) is 0 Å². The molecule has 0 fully saturated rings. The summed E-state index contributed by atoms with van der Waals surface area (Å²) in [6.07, 6.45) is 0. The summed E-state index contributed by atoms with van der Waals surface area (Å²) >= 11 is 0. The molecule has 4 nitrogen and oxygen atoms in total. The van der Waals surface area contributed by atoms with Crippen LogP contribution >= 0.6 is 0 Å². The predicted octanol–water partition coefficient (Wildman–Crippen LogP) is 14.3. The van der Waals surface area contributed by atoms with E-state index >= 15 is 0 Å². The third kappa shape index (κ3) is 2.68. The van der Waals surface area contributed by atoms with Crippen LogP contribution in [0.2, 0.25) is 0 Å². The summed E-state index contributed by atoms with van der Waals surface area (Å²) in [6, 6.07) is 59.8. The molecule has 9 aromatic carbocycles. The van der Waals surface area contributed by atoms with E-state index in [9.17, 15) is 0 Å². The second-order valence-electron chi connectivity index (χ2n) is 16.8. The number of aromatic nitrogens is 4. The van der Waals surface area contributed by atoms with Crippen LogP contribution in [0.25, 0.3) is 152 Å². The minimum absolute atomic E-state index is 1.26. The van der Waals surface area contributed by atoms with Gasteiger partial charge in [-0.3, -0.25) is 0 Å². The Kier molecular flexibility index (Phi) is 4.18. The minimum Gasteiger partial charge on any atom is -0.308 e. The molecule has 0 amide bonds.